The van der Waals surface area contributed by atoms with Gasteiger partial charge in [-0.25, -0.2) is 4.79 Å². The predicted molar refractivity (Wildman–Crippen MR) is 57.6 cm³/mol. The van der Waals surface area contributed by atoms with Crippen LogP contribution in [-0.4, -0.2) is 26.5 Å². The third kappa shape index (κ3) is 2.20. The molecule has 0 atom stereocenters. The predicted octanol–water partition coefficient (Wildman–Crippen LogP) is 1.75. The third-order valence-corrected chi connectivity index (χ3v) is 2.36. The quantitative estimate of drug-likeness (QED) is 0.852. The molecule has 0 aliphatic heterocycles. The molecule has 6 heteroatoms. The Balaban J connectivity index is 2.23. The number of carbonyl (C=O) groups is 1. The maximum Gasteiger partial charge on any atom is 0.358 e. The largest absolute Gasteiger partial charge is 0.476 e. The number of aromatic amines is 1. The molecule has 0 fully saturated rings. The average Bonchev–Trinajstić information content (AvgIpc) is 2.69. The van der Waals surface area contributed by atoms with Crippen LogP contribution in [0, 0.1) is 0 Å². The summed E-state index contributed by atoms with van der Waals surface area (Å²) in [6.45, 7) is 0. The Kier molecular flexibility index (Phi) is 2.87. The zero-order valence-electron chi connectivity index (χ0n) is 8.14. The molecular weight excluding hydrogens is 230 g/mol. The maximum absolute atomic E-state index is 10.8. The fourth-order valence-corrected chi connectivity index (χ4v) is 1.47. The molecule has 2 aromatic rings. The Morgan fingerprint density at radius 3 is 2.62 bits per heavy atom. The molecular formula is C10H8ClN3O2. The van der Waals surface area contributed by atoms with Crippen LogP contribution in [0.2, 0.25) is 5.02 Å². The highest BCUT2D eigenvalue weighted by Gasteiger charge is 2.14. The fourth-order valence-electron chi connectivity index (χ4n) is 1.34. The lowest BCUT2D eigenvalue weighted by atomic mass is 10.1. The first-order valence-corrected chi connectivity index (χ1v) is 4.92. The summed E-state index contributed by atoms with van der Waals surface area (Å²) in [4.78, 5) is 10.8. The summed E-state index contributed by atoms with van der Waals surface area (Å²) in [6.07, 6.45) is 0.412. The second-order valence-corrected chi connectivity index (χ2v) is 3.66. The molecule has 0 aliphatic carbocycles. The van der Waals surface area contributed by atoms with E-state index in [1.807, 2.05) is 12.1 Å². The molecule has 16 heavy (non-hydrogen) atoms. The van der Waals surface area contributed by atoms with Crippen molar-refractivity contribution in [1.29, 1.82) is 0 Å². The number of hydrogen-bond acceptors (Lipinski definition) is 3. The summed E-state index contributed by atoms with van der Waals surface area (Å²) in [5.41, 5.74) is 1.30. The lowest BCUT2D eigenvalue weighted by Crippen LogP contribution is -2.02. The monoisotopic (exact) mass is 237 g/mol. The number of benzene rings is 1. The van der Waals surface area contributed by atoms with Gasteiger partial charge >= 0.3 is 5.97 Å². The first-order chi connectivity index (χ1) is 7.66. The van der Waals surface area contributed by atoms with Crippen molar-refractivity contribution >= 4 is 17.6 Å². The standard InChI is InChI=1S/C10H8ClN3O2/c11-7-3-1-6(2-4-7)5-8-9(10(15)16)13-14-12-8/h1-4H,5H2,(H,15,16)(H,12,13,14). The first kappa shape index (κ1) is 10.6. The molecule has 82 valence electrons. The number of hydrogen-bond donors (Lipinski definition) is 2. The normalized spacial score (nSPS) is 10.3. The number of nitrogens with one attached hydrogen (secondary N) is 1. The molecule has 2 rings (SSSR count). The van der Waals surface area contributed by atoms with E-state index >= 15 is 0 Å². The van der Waals surface area contributed by atoms with E-state index in [0.29, 0.717) is 17.1 Å². The lowest BCUT2D eigenvalue weighted by Gasteiger charge is -1.98. The molecule has 0 unspecified atom stereocenters. The molecule has 0 spiro atoms. The van der Waals surface area contributed by atoms with Gasteiger partial charge < -0.3 is 5.11 Å². The molecule has 2 N–H and O–H groups in total. The van der Waals surface area contributed by atoms with Crippen molar-refractivity contribution in [3.63, 3.8) is 0 Å². The fraction of sp³-hybridized carbons (Fsp3) is 0.100. The Morgan fingerprint density at radius 1 is 1.31 bits per heavy atom. The molecule has 0 saturated carbocycles. The van der Waals surface area contributed by atoms with Gasteiger partial charge in [0, 0.05) is 11.4 Å². The topological polar surface area (TPSA) is 78.9 Å². The van der Waals surface area contributed by atoms with Crippen molar-refractivity contribution < 1.29 is 9.90 Å². The van der Waals surface area contributed by atoms with Gasteiger partial charge in [0.2, 0.25) is 0 Å². The molecule has 1 aromatic carbocycles. The van der Waals surface area contributed by atoms with Crippen LogP contribution < -0.4 is 0 Å². The second kappa shape index (κ2) is 4.32. The average molecular weight is 238 g/mol. The van der Waals surface area contributed by atoms with Crippen molar-refractivity contribution in [2.75, 3.05) is 0 Å². The Hall–Kier alpha value is -1.88. The zero-order chi connectivity index (χ0) is 11.5. The Morgan fingerprint density at radius 2 is 2.00 bits per heavy atom. The number of aromatic nitrogens is 3. The smallest absolute Gasteiger partial charge is 0.358 e. The van der Waals surface area contributed by atoms with Crippen molar-refractivity contribution in [2.24, 2.45) is 0 Å². The van der Waals surface area contributed by atoms with Crippen molar-refractivity contribution in [3.8, 4) is 0 Å². The number of H-pyrrole nitrogens is 1. The van der Waals surface area contributed by atoms with Crippen LogP contribution in [0.15, 0.2) is 24.3 Å². The molecule has 0 bridgehead atoms. The van der Waals surface area contributed by atoms with E-state index in [1.54, 1.807) is 12.1 Å². The summed E-state index contributed by atoms with van der Waals surface area (Å²) in [5.74, 6) is -1.09. The molecule has 5 nitrogen and oxygen atoms in total. The Labute approximate surface area is 96.1 Å². The van der Waals surface area contributed by atoms with E-state index in [9.17, 15) is 4.79 Å². The third-order valence-electron chi connectivity index (χ3n) is 2.11. The van der Waals surface area contributed by atoms with E-state index in [2.05, 4.69) is 15.4 Å². The van der Waals surface area contributed by atoms with E-state index in [0.717, 1.165) is 5.56 Å². The molecule has 1 aromatic heterocycles. The highest BCUT2D eigenvalue weighted by Crippen LogP contribution is 2.13. The van der Waals surface area contributed by atoms with Crippen molar-refractivity contribution in [3.05, 3.63) is 46.2 Å². The molecule has 0 aliphatic rings. The van der Waals surface area contributed by atoms with Crippen LogP contribution in [0.5, 0.6) is 0 Å². The van der Waals surface area contributed by atoms with Crippen LogP contribution in [0.25, 0.3) is 0 Å². The van der Waals surface area contributed by atoms with E-state index in [4.69, 9.17) is 16.7 Å². The lowest BCUT2D eigenvalue weighted by molar-refractivity contribution is 0.0689. The van der Waals surface area contributed by atoms with Crippen molar-refractivity contribution in [1.82, 2.24) is 15.4 Å². The number of nitrogens with zero attached hydrogens (tertiary/aromatic N) is 2. The highest BCUT2D eigenvalue weighted by atomic mass is 35.5. The van der Waals surface area contributed by atoms with Gasteiger partial charge in [0.25, 0.3) is 0 Å². The van der Waals surface area contributed by atoms with Crippen LogP contribution in [0.3, 0.4) is 0 Å². The molecule has 0 radical (unpaired) electrons. The second-order valence-electron chi connectivity index (χ2n) is 3.23. The highest BCUT2D eigenvalue weighted by molar-refractivity contribution is 6.30. The molecule has 0 amide bonds. The van der Waals surface area contributed by atoms with Crippen LogP contribution in [0.4, 0.5) is 0 Å². The molecule has 1 heterocycles. The van der Waals surface area contributed by atoms with Crippen molar-refractivity contribution in [2.45, 2.75) is 6.42 Å². The van der Waals surface area contributed by atoms with Gasteiger partial charge in [-0.3, -0.25) is 0 Å². The minimum atomic E-state index is -1.09. The zero-order valence-corrected chi connectivity index (χ0v) is 8.90. The van der Waals surface area contributed by atoms with E-state index < -0.39 is 5.97 Å². The number of carboxylic acids is 1. The summed E-state index contributed by atoms with van der Waals surface area (Å²) in [5, 5.41) is 19.2. The minimum absolute atomic E-state index is 0.0463. The number of rotatable bonds is 3. The van der Waals surface area contributed by atoms with E-state index in [1.165, 1.54) is 0 Å². The van der Waals surface area contributed by atoms with Gasteiger partial charge in [0.15, 0.2) is 5.69 Å². The van der Waals surface area contributed by atoms with Crippen LogP contribution in [0.1, 0.15) is 21.7 Å². The Bertz CT molecular complexity index is 507. The summed E-state index contributed by atoms with van der Waals surface area (Å²) >= 11 is 5.75. The van der Waals surface area contributed by atoms with Gasteiger partial charge in [0.1, 0.15) is 5.69 Å². The van der Waals surface area contributed by atoms with E-state index in [-0.39, 0.29) is 5.69 Å². The number of carboxylic acid groups (broad SMARTS) is 1. The summed E-state index contributed by atoms with van der Waals surface area (Å²) in [7, 11) is 0. The summed E-state index contributed by atoms with van der Waals surface area (Å²) in [6, 6.07) is 7.14. The van der Waals surface area contributed by atoms with Gasteiger partial charge in [-0.2, -0.15) is 10.3 Å². The van der Waals surface area contributed by atoms with Gasteiger partial charge in [-0.1, -0.05) is 23.7 Å². The first-order valence-electron chi connectivity index (χ1n) is 4.54. The molecule has 0 saturated heterocycles. The number of halogens is 1. The van der Waals surface area contributed by atoms with Gasteiger partial charge in [-0.05, 0) is 17.7 Å². The minimum Gasteiger partial charge on any atom is -0.476 e. The van der Waals surface area contributed by atoms with Crippen LogP contribution >= 0.6 is 11.6 Å². The SMILES string of the molecule is O=C(O)c1n[nH]nc1Cc1ccc(Cl)cc1. The summed E-state index contributed by atoms with van der Waals surface area (Å²) < 4.78 is 0. The van der Waals surface area contributed by atoms with Gasteiger partial charge in [-0.15, -0.1) is 5.10 Å². The number of aromatic carboxylic acids is 1. The van der Waals surface area contributed by atoms with Crippen LogP contribution in [-0.2, 0) is 6.42 Å². The maximum atomic E-state index is 10.8. The van der Waals surface area contributed by atoms with Gasteiger partial charge in [0.05, 0.1) is 0 Å².